The summed E-state index contributed by atoms with van der Waals surface area (Å²) in [6.45, 7) is 2.35. The van der Waals surface area contributed by atoms with Crippen LogP contribution in [-0.4, -0.2) is 20.9 Å². The molecule has 0 spiro atoms. The Labute approximate surface area is 144 Å². The average Bonchev–Trinajstić information content (AvgIpc) is 3.15. The summed E-state index contributed by atoms with van der Waals surface area (Å²) in [5.74, 6) is 0.150. The van der Waals surface area contributed by atoms with Gasteiger partial charge < -0.3 is 4.74 Å². The van der Waals surface area contributed by atoms with Crippen molar-refractivity contribution in [3.05, 3.63) is 45.6 Å². The number of aryl methyl sites for hydroxylation is 2. The molecule has 0 fully saturated rings. The largest absolute Gasteiger partial charge is 0.494 e. The first-order chi connectivity index (χ1) is 11.5. The molecular weight excluding hydrogens is 348 g/mol. The van der Waals surface area contributed by atoms with Crippen LogP contribution in [0.1, 0.15) is 33.5 Å². The summed E-state index contributed by atoms with van der Waals surface area (Å²) in [5.41, 5.74) is 3.46. The Morgan fingerprint density at radius 2 is 2.00 bits per heavy atom. The van der Waals surface area contributed by atoms with Crippen molar-refractivity contribution in [3.8, 4) is 5.75 Å². The van der Waals surface area contributed by atoms with Gasteiger partial charge in [0.15, 0.2) is 0 Å². The van der Waals surface area contributed by atoms with Crippen LogP contribution in [0.5, 0.6) is 5.75 Å². The molecule has 128 valence electrons. The molecule has 2 N–H and O–H groups in total. The number of carbonyl (C=O) groups is 1. The summed E-state index contributed by atoms with van der Waals surface area (Å²) in [6, 6.07) is 7.85. The van der Waals surface area contributed by atoms with Gasteiger partial charge in [-0.1, -0.05) is 0 Å². The fourth-order valence-electron chi connectivity index (χ4n) is 2.56. The molecule has 0 bridgehead atoms. The monoisotopic (exact) mass is 366 g/mol. The number of carbonyl (C=O) groups excluding carboxylic acids is 1. The van der Waals surface area contributed by atoms with E-state index < -0.39 is 15.9 Å². The van der Waals surface area contributed by atoms with Crippen molar-refractivity contribution in [2.75, 3.05) is 6.61 Å². The number of sulfonamides is 1. The molecule has 0 radical (unpaired) electrons. The first-order valence-corrected chi connectivity index (χ1v) is 9.96. The molecule has 1 amide bonds. The highest BCUT2D eigenvalue weighted by Crippen LogP contribution is 2.30. The van der Waals surface area contributed by atoms with Crippen molar-refractivity contribution in [2.45, 2.75) is 31.1 Å². The van der Waals surface area contributed by atoms with E-state index in [0.29, 0.717) is 17.2 Å². The number of ether oxygens (including phenoxy) is 1. The van der Waals surface area contributed by atoms with E-state index in [2.05, 4.69) is 10.3 Å². The predicted octanol–water partition coefficient (Wildman–Crippen LogP) is 2.26. The van der Waals surface area contributed by atoms with Crippen molar-refractivity contribution in [1.82, 2.24) is 10.3 Å². The number of amides is 1. The minimum Gasteiger partial charge on any atom is -0.494 e. The van der Waals surface area contributed by atoms with E-state index in [9.17, 15) is 13.2 Å². The summed E-state index contributed by atoms with van der Waals surface area (Å²) in [6.07, 6.45) is 3.09. The molecule has 1 aliphatic carbocycles. The molecule has 1 aliphatic rings. The van der Waals surface area contributed by atoms with Crippen LogP contribution in [0.25, 0.3) is 0 Å². The Morgan fingerprint density at radius 1 is 1.25 bits per heavy atom. The summed E-state index contributed by atoms with van der Waals surface area (Å²) >= 11 is 1.42. The summed E-state index contributed by atoms with van der Waals surface area (Å²) in [5, 5.41) is 0. The summed E-state index contributed by atoms with van der Waals surface area (Å²) < 4.78 is 29.7. The molecule has 3 rings (SSSR count). The van der Waals surface area contributed by atoms with Gasteiger partial charge in [-0.2, -0.15) is 0 Å². The molecule has 8 heteroatoms. The molecule has 0 aliphatic heterocycles. The lowest BCUT2D eigenvalue weighted by molar-refractivity contribution is 0.0949. The van der Waals surface area contributed by atoms with Gasteiger partial charge in [0.1, 0.15) is 5.75 Å². The van der Waals surface area contributed by atoms with Crippen LogP contribution in [0.4, 0.5) is 0 Å². The summed E-state index contributed by atoms with van der Waals surface area (Å²) in [4.78, 5) is 16.0. The Hall–Kier alpha value is -1.90. The number of thiophene rings is 1. The van der Waals surface area contributed by atoms with E-state index >= 15 is 0 Å². The number of hydrogen-bond donors (Lipinski definition) is 2. The molecule has 1 aromatic carbocycles. The van der Waals surface area contributed by atoms with Crippen LogP contribution in [-0.2, 0) is 22.9 Å². The zero-order valence-electron chi connectivity index (χ0n) is 13.2. The van der Waals surface area contributed by atoms with E-state index in [0.717, 1.165) is 19.3 Å². The quantitative estimate of drug-likeness (QED) is 0.768. The molecular formula is C16H18N2O4S2. The van der Waals surface area contributed by atoms with Crippen LogP contribution in [0, 0.1) is 0 Å². The number of fused-ring (bicyclic) bond motifs is 1. The fraction of sp³-hybridized carbons (Fsp3) is 0.312. The standard InChI is InChI=1S/C16H18N2O4S2/c1-2-22-12-6-8-13(9-7-12)24(20,21)18-17-16(19)15-10-11-4-3-5-14(11)23-15/h6-10,18H,2-5H2,1H3,(H,17,19). The Balaban J connectivity index is 1.64. The molecule has 0 atom stereocenters. The minimum absolute atomic E-state index is 0.0555. The first-order valence-electron chi connectivity index (χ1n) is 7.66. The smallest absolute Gasteiger partial charge is 0.276 e. The molecule has 0 saturated carbocycles. The van der Waals surface area contributed by atoms with Gasteiger partial charge in [-0.3, -0.25) is 10.2 Å². The Morgan fingerprint density at radius 3 is 2.67 bits per heavy atom. The van der Waals surface area contributed by atoms with Crippen LogP contribution >= 0.6 is 11.3 Å². The van der Waals surface area contributed by atoms with Gasteiger partial charge in [-0.15, -0.1) is 16.2 Å². The molecule has 1 heterocycles. The van der Waals surface area contributed by atoms with Crippen molar-refractivity contribution >= 4 is 27.3 Å². The normalized spacial score (nSPS) is 13.5. The third-order valence-electron chi connectivity index (χ3n) is 3.71. The van der Waals surface area contributed by atoms with Gasteiger partial charge >= 0.3 is 0 Å². The second-order valence-electron chi connectivity index (χ2n) is 5.38. The summed E-state index contributed by atoms with van der Waals surface area (Å²) in [7, 11) is -3.82. The van der Waals surface area contributed by atoms with Crippen LogP contribution < -0.4 is 15.0 Å². The van der Waals surface area contributed by atoms with Crippen LogP contribution in [0.3, 0.4) is 0 Å². The Kier molecular flexibility index (Phi) is 4.88. The van der Waals surface area contributed by atoms with Crippen molar-refractivity contribution in [2.24, 2.45) is 0 Å². The zero-order valence-corrected chi connectivity index (χ0v) is 14.8. The van der Waals surface area contributed by atoms with Gasteiger partial charge in [0.25, 0.3) is 15.9 Å². The maximum Gasteiger partial charge on any atom is 0.276 e. The molecule has 0 saturated heterocycles. The SMILES string of the molecule is CCOc1ccc(S(=O)(=O)NNC(=O)c2cc3c(s2)CCC3)cc1. The third kappa shape index (κ3) is 3.61. The molecule has 2 aromatic rings. The first kappa shape index (κ1) is 16.9. The molecule has 1 aromatic heterocycles. The van der Waals surface area contributed by atoms with Gasteiger partial charge in [-0.05, 0) is 62.1 Å². The van der Waals surface area contributed by atoms with Crippen LogP contribution in [0.15, 0.2) is 35.2 Å². The second-order valence-corrected chi connectivity index (χ2v) is 8.20. The van der Waals surface area contributed by atoms with E-state index in [4.69, 9.17) is 4.74 Å². The highest BCUT2D eigenvalue weighted by Gasteiger charge is 2.20. The lowest BCUT2D eigenvalue weighted by Gasteiger charge is -2.08. The van der Waals surface area contributed by atoms with E-state index in [1.54, 1.807) is 12.1 Å². The third-order valence-corrected chi connectivity index (χ3v) is 6.21. The maximum atomic E-state index is 12.2. The number of rotatable bonds is 6. The maximum absolute atomic E-state index is 12.2. The lowest BCUT2D eigenvalue weighted by Crippen LogP contribution is -2.41. The van der Waals surface area contributed by atoms with E-state index in [-0.39, 0.29) is 4.90 Å². The molecule has 24 heavy (non-hydrogen) atoms. The van der Waals surface area contributed by atoms with Crippen molar-refractivity contribution in [3.63, 3.8) is 0 Å². The zero-order chi connectivity index (χ0) is 17.2. The topological polar surface area (TPSA) is 84.5 Å². The lowest BCUT2D eigenvalue weighted by atomic mass is 10.2. The van der Waals surface area contributed by atoms with Gasteiger partial charge in [0, 0.05) is 4.88 Å². The highest BCUT2D eigenvalue weighted by atomic mass is 32.2. The van der Waals surface area contributed by atoms with E-state index in [1.807, 2.05) is 13.0 Å². The number of hydrogen-bond acceptors (Lipinski definition) is 5. The van der Waals surface area contributed by atoms with Gasteiger partial charge in [-0.25, -0.2) is 8.42 Å². The van der Waals surface area contributed by atoms with Gasteiger partial charge in [0.05, 0.1) is 16.4 Å². The second kappa shape index (κ2) is 6.92. The molecule has 0 unspecified atom stereocenters. The van der Waals surface area contributed by atoms with Crippen molar-refractivity contribution in [1.29, 1.82) is 0 Å². The molecule has 6 nitrogen and oxygen atoms in total. The van der Waals surface area contributed by atoms with Crippen LogP contribution in [0.2, 0.25) is 0 Å². The Bertz CT molecular complexity index is 820. The minimum atomic E-state index is -3.82. The van der Waals surface area contributed by atoms with Gasteiger partial charge in [0.2, 0.25) is 0 Å². The fourth-order valence-corrected chi connectivity index (χ4v) is 4.54. The average molecular weight is 366 g/mol. The highest BCUT2D eigenvalue weighted by molar-refractivity contribution is 7.89. The van der Waals surface area contributed by atoms with Crippen molar-refractivity contribution < 1.29 is 17.9 Å². The van der Waals surface area contributed by atoms with E-state index in [1.165, 1.54) is 33.9 Å². The predicted molar refractivity (Wildman–Crippen MR) is 91.7 cm³/mol. The number of benzene rings is 1. The number of hydrazine groups is 1. The number of nitrogens with one attached hydrogen (secondary N) is 2.